The molecule has 0 aliphatic rings. The van der Waals surface area contributed by atoms with Crippen LogP contribution in [0.25, 0.3) is 0 Å². The number of rotatable bonds is 8. The van der Waals surface area contributed by atoms with Crippen LogP contribution in [0.4, 0.5) is 4.79 Å². The quantitative estimate of drug-likeness (QED) is 0.461. The molecule has 0 heterocycles. The van der Waals surface area contributed by atoms with Crippen LogP contribution < -0.4 is 15.4 Å². The van der Waals surface area contributed by atoms with Gasteiger partial charge in [0.05, 0.1) is 19.8 Å². The molecule has 0 spiro atoms. The highest BCUT2D eigenvalue weighted by atomic mass is 16.5. The maximum Gasteiger partial charge on any atom is 0.317 e. The Labute approximate surface area is 106 Å². The number of urea groups is 1. The lowest BCUT2D eigenvalue weighted by molar-refractivity contribution is 0.0945. The summed E-state index contributed by atoms with van der Waals surface area (Å²) >= 11 is 0. The van der Waals surface area contributed by atoms with Crippen molar-refractivity contribution in [1.82, 2.24) is 10.6 Å². The summed E-state index contributed by atoms with van der Waals surface area (Å²) in [5, 5.41) is 13.6. The van der Waals surface area contributed by atoms with Crippen LogP contribution in [-0.2, 0) is 4.74 Å². The molecule has 6 heteroatoms. The van der Waals surface area contributed by atoms with Gasteiger partial charge >= 0.3 is 6.03 Å². The zero-order chi connectivity index (χ0) is 13.1. The van der Waals surface area contributed by atoms with E-state index in [1.807, 2.05) is 30.3 Å². The van der Waals surface area contributed by atoms with E-state index in [9.17, 15) is 4.79 Å². The molecule has 0 saturated carbocycles. The second kappa shape index (κ2) is 9.26. The fraction of sp³-hybridized carbons (Fsp3) is 0.417. The second-order valence-electron chi connectivity index (χ2n) is 3.37. The van der Waals surface area contributed by atoms with Gasteiger partial charge in [-0.25, -0.2) is 4.79 Å². The van der Waals surface area contributed by atoms with Crippen molar-refractivity contribution in [2.45, 2.75) is 0 Å². The van der Waals surface area contributed by atoms with Crippen LogP contribution in [0.2, 0.25) is 0 Å². The topological polar surface area (TPSA) is 79.8 Å². The Morgan fingerprint density at radius 2 is 1.94 bits per heavy atom. The summed E-state index contributed by atoms with van der Waals surface area (Å²) < 4.78 is 10.3. The first kappa shape index (κ1) is 14.3. The summed E-state index contributed by atoms with van der Waals surface area (Å²) in [5.74, 6) is 0.698. The predicted octanol–water partition coefficient (Wildman–Crippen LogP) is 0.331. The van der Waals surface area contributed by atoms with E-state index in [1.165, 1.54) is 0 Å². The van der Waals surface area contributed by atoms with Crippen molar-refractivity contribution in [1.29, 1.82) is 0 Å². The predicted molar refractivity (Wildman–Crippen MR) is 66.4 cm³/mol. The number of para-hydroxylation sites is 1. The number of hydrogen-bond donors (Lipinski definition) is 3. The normalized spacial score (nSPS) is 9.83. The third kappa shape index (κ3) is 6.72. The van der Waals surface area contributed by atoms with E-state index in [0.717, 1.165) is 0 Å². The van der Waals surface area contributed by atoms with E-state index in [-0.39, 0.29) is 26.0 Å². The van der Waals surface area contributed by atoms with Gasteiger partial charge in [0.15, 0.2) is 6.73 Å². The van der Waals surface area contributed by atoms with Crippen LogP contribution in [0.3, 0.4) is 0 Å². The molecule has 100 valence electrons. The minimum absolute atomic E-state index is 0.0168. The lowest BCUT2D eigenvalue weighted by atomic mass is 10.3. The molecule has 0 aliphatic carbocycles. The maximum atomic E-state index is 11.3. The SMILES string of the molecule is O=C(NCCOCCO)NCOc1ccccc1. The summed E-state index contributed by atoms with van der Waals surface area (Å²) in [4.78, 5) is 11.3. The van der Waals surface area contributed by atoms with Crippen molar-refractivity contribution in [3.05, 3.63) is 30.3 Å². The van der Waals surface area contributed by atoms with Gasteiger partial charge in [0.25, 0.3) is 0 Å². The van der Waals surface area contributed by atoms with Gasteiger partial charge in [0.2, 0.25) is 0 Å². The Balaban J connectivity index is 2.00. The number of aliphatic hydroxyl groups is 1. The molecule has 3 N–H and O–H groups in total. The van der Waals surface area contributed by atoms with E-state index in [4.69, 9.17) is 14.6 Å². The lowest BCUT2D eigenvalue weighted by Crippen LogP contribution is -2.39. The molecule has 0 bridgehead atoms. The van der Waals surface area contributed by atoms with Crippen molar-refractivity contribution in [2.24, 2.45) is 0 Å². The zero-order valence-corrected chi connectivity index (χ0v) is 10.1. The highest BCUT2D eigenvalue weighted by Crippen LogP contribution is 2.06. The van der Waals surface area contributed by atoms with Gasteiger partial charge in [0, 0.05) is 6.54 Å². The summed E-state index contributed by atoms with van der Waals surface area (Å²) in [6.45, 7) is 1.12. The van der Waals surface area contributed by atoms with Gasteiger partial charge in [-0.3, -0.25) is 0 Å². The first-order valence-electron chi connectivity index (χ1n) is 5.71. The van der Waals surface area contributed by atoms with Crippen molar-refractivity contribution >= 4 is 6.03 Å². The van der Waals surface area contributed by atoms with Crippen LogP contribution in [-0.4, -0.2) is 44.2 Å². The number of hydrogen-bond acceptors (Lipinski definition) is 4. The molecule has 0 aromatic heterocycles. The van der Waals surface area contributed by atoms with Crippen LogP contribution >= 0.6 is 0 Å². The van der Waals surface area contributed by atoms with Crippen molar-refractivity contribution in [3.8, 4) is 5.75 Å². The van der Waals surface area contributed by atoms with Gasteiger partial charge in [-0.05, 0) is 12.1 Å². The Kier molecular flexibility index (Phi) is 7.34. The molecular formula is C12H18N2O4. The molecule has 2 amide bonds. The molecule has 0 saturated heterocycles. The van der Waals surface area contributed by atoms with Gasteiger partial charge in [-0.2, -0.15) is 0 Å². The number of amides is 2. The first-order valence-corrected chi connectivity index (χ1v) is 5.71. The third-order valence-electron chi connectivity index (χ3n) is 1.98. The van der Waals surface area contributed by atoms with E-state index >= 15 is 0 Å². The Morgan fingerprint density at radius 3 is 2.67 bits per heavy atom. The molecule has 0 aliphatic heterocycles. The van der Waals surface area contributed by atoms with E-state index in [0.29, 0.717) is 18.9 Å². The summed E-state index contributed by atoms with van der Waals surface area (Å²) in [5.41, 5.74) is 0. The number of nitrogens with one attached hydrogen (secondary N) is 2. The molecule has 0 fully saturated rings. The van der Waals surface area contributed by atoms with Crippen LogP contribution in [0.5, 0.6) is 5.75 Å². The standard InChI is InChI=1S/C12H18N2O4/c15-7-9-17-8-6-13-12(16)14-10-18-11-4-2-1-3-5-11/h1-5,15H,6-10H2,(H2,13,14,16). The van der Waals surface area contributed by atoms with Gasteiger partial charge < -0.3 is 25.2 Å². The van der Waals surface area contributed by atoms with Gasteiger partial charge in [-0.1, -0.05) is 18.2 Å². The van der Waals surface area contributed by atoms with Crippen LogP contribution in [0, 0.1) is 0 Å². The molecule has 0 radical (unpaired) electrons. The summed E-state index contributed by atoms with van der Waals surface area (Å²) in [6.07, 6.45) is 0. The molecule has 18 heavy (non-hydrogen) atoms. The highest BCUT2D eigenvalue weighted by molar-refractivity contribution is 5.73. The molecule has 1 aromatic rings. The zero-order valence-electron chi connectivity index (χ0n) is 10.1. The van der Waals surface area contributed by atoms with Crippen LogP contribution in [0.1, 0.15) is 0 Å². The smallest absolute Gasteiger partial charge is 0.317 e. The van der Waals surface area contributed by atoms with Crippen molar-refractivity contribution in [3.63, 3.8) is 0 Å². The first-order chi connectivity index (χ1) is 8.83. The molecule has 1 aromatic carbocycles. The average Bonchev–Trinajstić information content (AvgIpc) is 2.40. The maximum absolute atomic E-state index is 11.3. The third-order valence-corrected chi connectivity index (χ3v) is 1.98. The average molecular weight is 254 g/mol. The molecule has 0 unspecified atom stereocenters. The largest absolute Gasteiger partial charge is 0.473 e. The van der Waals surface area contributed by atoms with E-state index in [1.54, 1.807) is 0 Å². The second-order valence-corrected chi connectivity index (χ2v) is 3.37. The summed E-state index contributed by atoms with van der Waals surface area (Å²) in [7, 11) is 0. The van der Waals surface area contributed by atoms with E-state index in [2.05, 4.69) is 10.6 Å². The molecule has 1 rings (SSSR count). The minimum atomic E-state index is -0.321. The minimum Gasteiger partial charge on any atom is -0.473 e. The van der Waals surface area contributed by atoms with E-state index < -0.39 is 0 Å². The highest BCUT2D eigenvalue weighted by Gasteiger charge is 1.98. The number of aliphatic hydroxyl groups excluding tert-OH is 1. The lowest BCUT2D eigenvalue weighted by Gasteiger charge is -2.09. The Bertz CT molecular complexity index is 332. The molecule has 0 atom stereocenters. The summed E-state index contributed by atoms with van der Waals surface area (Å²) in [6, 6.07) is 8.89. The monoisotopic (exact) mass is 254 g/mol. The number of benzene rings is 1. The fourth-order valence-corrected chi connectivity index (χ4v) is 1.17. The Hall–Kier alpha value is -1.79. The van der Waals surface area contributed by atoms with Gasteiger partial charge in [0.1, 0.15) is 5.75 Å². The fourth-order valence-electron chi connectivity index (χ4n) is 1.17. The number of carbonyl (C=O) groups excluding carboxylic acids is 1. The molecular weight excluding hydrogens is 236 g/mol. The number of ether oxygens (including phenoxy) is 2. The van der Waals surface area contributed by atoms with Crippen molar-refractivity contribution in [2.75, 3.05) is 33.1 Å². The molecule has 6 nitrogen and oxygen atoms in total. The van der Waals surface area contributed by atoms with Crippen LogP contribution in [0.15, 0.2) is 30.3 Å². The Morgan fingerprint density at radius 1 is 1.17 bits per heavy atom. The van der Waals surface area contributed by atoms with Gasteiger partial charge in [-0.15, -0.1) is 0 Å². The number of carbonyl (C=O) groups is 1. The van der Waals surface area contributed by atoms with Crippen molar-refractivity contribution < 1.29 is 19.4 Å².